The van der Waals surface area contributed by atoms with E-state index < -0.39 is 47.7 Å². The number of ether oxygens (including phenoxy) is 2. The molecule has 0 heterocycles. The second-order valence-electron chi connectivity index (χ2n) is 11.2. The van der Waals surface area contributed by atoms with Gasteiger partial charge >= 0.3 is 12.1 Å². The van der Waals surface area contributed by atoms with Gasteiger partial charge in [-0.25, -0.2) is 4.79 Å². The van der Waals surface area contributed by atoms with Gasteiger partial charge in [-0.05, 0) is 45.6 Å². The Morgan fingerprint density at radius 2 is 1.39 bits per heavy atom. The summed E-state index contributed by atoms with van der Waals surface area (Å²) in [6.07, 6.45) is -0.767. The van der Waals surface area contributed by atoms with Gasteiger partial charge in [-0.15, -0.1) is 0 Å². The van der Waals surface area contributed by atoms with Crippen LogP contribution in [-0.2, 0) is 23.9 Å². The molecule has 0 rings (SSSR count). The third-order valence-electron chi connectivity index (χ3n) is 6.34. The summed E-state index contributed by atoms with van der Waals surface area (Å²) in [4.78, 5) is 53.8. The van der Waals surface area contributed by atoms with Gasteiger partial charge in [0.25, 0.3) is 0 Å². The van der Waals surface area contributed by atoms with Crippen LogP contribution in [0.4, 0.5) is 4.79 Å². The summed E-state index contributed by atoms with van der Waals surface area (Å²) >= 11 is 0. The number of rotatable bonds is 13. The van der Waals surface area contributed by atoms with Crippen LogP contribution in [0.5, 0.6) is 0 Å². The zero-order valence-electron chi connectivity index (χ0n) is 24.2. The normalized spacial score (nSPS) is 16.3. The van der Waals surface area contributed by atoms with Gasteiger partial charge in [0.15, 0.2) is 0 Å². The molecule has 0 aromatic rings. The van der Waals surface area contributed by atoms with Crippen molar-refractivity contribution in [1.82, 2.24) is 15.1 Å². The third kappa shape index (κ3) is 10.0. The van der Waals surface area contributed by atoms with Gasteiger partial charge in [-0.2, -0.15) is 0 Å². The predicted octanol–water partition coefficient (Wildman–Crippen LogP) is 3.38. The molecule has 0 aromatic carbocycles. The van der Waals surface area contributed by atoms with E-state index in [4.69, 9.17) is 9.47 Å². The largest absolute Gasteiger partial charge is 0.481 e. The van der Waals surface area contributed by atoms with Gasteiger partial charge in [0.1, 0.15) is 11.6 Å². The zero-order chi connectivity index (χ0) is 28.5. The van der Waals surface area contributed by atoms with Gasteiger partial charge in [-0.3, -0.25) is 29.5 Å². The van der Waals surface area contributed by atoms with Crippen LogP contribution >= 0.6 is 0 Å². The Kier molecular flexibility index (Phi) is 13.6. The minimum Gasteiger partial charge on any atom is -0.481 e. The monoisotopic (exact) mass is 515 g/mol. The molecule has 2 N–H and O–H groups in total. The van der Waals surface area contributed by atoms with Gasteiger partial charge in [0.2, 0.25) is 11.8 Å². The number of carboxylic acid groups (broad SMARTS) is 1. The van der Waals surface area contributed by atoms with E-state index in [0.717, 1.165) is 6.42 Å². The number of imide groups is 1. The molecule has 0 saturated heterocycles. The fourth-order valence-electron chi connectivity index (χ4n) is 4.57. The molecular formula is C26H49N3O7. The first kappa shape index (κ1) is 33.8. The summed E-state index contributed by atoms with van der Waals surface area (Å²) in [6, 6.07) is -2.04. The second kappa shape index (κ2) is 14.5. The van der Waals surface area contributed by atoms with Gasteiger partial charge in [0, 0.05) is 20.2 Å². The maximum absolute atomic E-state index is 13.5. The molecule has 0 saturated carbocycles. The molecule has 0 unspecified atom stereocenters. The van der Waals surface area contributed by atoms with Gasteiger partial charge in [-0.1, -0.05) is 48.0 Å². The molecule has 0 aliphatic rings. The van der Waals surface area contributed by atoms with Crippen LogP contribution in [0.1, 0.15) is 75.2 Å². The van der Waals surface area contributed by atoms with E-state index in [2.05, 4.69) is 5.32 Å². The highest BCUT2D eigenvalue weighted by atomic mass is 16.6. The molecular weight excluding hydrogens is 466 g/mol. The van der Waals surface area contributed by atoms with Crippen molar-refractivity contribution in [1.29, 1.82) is 0 Å². The van der Waals surface area contributed by atoms with Crippen molar-refractivity contribution in [3.8, 4) is 0 Å². The molecule has 0 fully saturated rings. The van der Waals surface area contributed by atoms with Crippen molar-refractivity contribution in [3.05, 3.63) is 0 Å². The molecule has 10 heteroatoms. The van der Waals surface area contributed by atoms with Crippen LogP contribution in [0.3, 0.4) is 0 Å². The summed E-state index contributed by atoms with van der Waals surface area (Å²) < 4.78 is 10.9. The van der Waals surface area contributed by atoms with E-state index in [1.54, 1.807) is 41.7 Å². The zero-order valence-corrected chi connectivity index (χ0v) is 24.2. The number of nitrogens with one attached hydrogen (secondary N) is 1. The van der Waals surface area contributed by atoms with E-state index in [0.29, 0.717) is 0 Å². The van der Waals surface area contributed by atoms with Gasteiger partial charge in [0.05, 0.1) is 18.6 Å². The van der Waals surface area contributed by atoms with Crippen LogP contribution in [0.25, 0.3) is 0 Å². The summed E-state index contributed by atoms with van der Waals surface area (Å²) in [6.45, 7) is 16.5. The highest BCUT2D eigenvalue weighted by Gasteiger charge is 2.40. The summed E-state index contributed by atoms with van der Waals surface area (Å²) in [5, 5.41) is 11.9. The lowest BCUT2D eigenvalue weighted by atomic mass is 9.88. The lowest BCUT2D eigenvalue weighted by Crippen LogP contribution is -2.60. The van der Waals surface area contributed by atoms with E-state index in [-0.39, 0.29) is 30.2 Å². The van der Waals surface area contributed by atoms with E-state index in [1.807, 2.05) is 32.6 Å². The number of nitrogens with zero attached hydrogens (tertiary/aromatic N) is 2. The van der Waals surface area contributed by atoms with Crippen molar-refractivity contribution in [3.63, 3.8) is 0 Å². The highest BCUT2D eigenvalue weighted by Crippen LogP contribution is 2.26. The number of amides is 3. The molecule has 5 atom stereocenters. The molecule has 0 aliphatic heterocycles. The molecule has 0 bridgehead atoms. The lowest BCUT2D eigenvalue weighted by molar-refractivity contribution is -0.143. The van der Waals surface area contributed by atoms with E-state index in [1.165, 1.54) is 19.1 Å². The standard InChI is InChI=1S/C26H49N3O7/c1-13-17(6)22(18(35-12)14-19(30)31)28(10)20(15(2)3)23(32)27-24(33)21(16(4)5)29(11)25(34)36-26(7,8)9/h15-18,20-22H,13-14H2,1-12H3,(H,30,31)(H,27,32,33)/t17-,18+,20-,21-,22-/m0/s1. The maximum atomic E-state index is 13.5. The highest BCUT2D eigenvalue weighted by molar-refractivity contribution is 6.01. The second-order valence-corrected chi connectivity index (χ2v) is 11.2. The minimum atomic E-state index is -0.991. The molecule has 210 valence electrons. The summed E-state index contributed by atoms with van der Waals surface area (Å²) in [5.74, 6) is -2.57. The van der Waals surface area contributed by atoms with Crippen LogP contribution in [0.2, 0.25) is 0 Å². The molecule has 36 heavy (non-hydrogen) atoms. The lowest BCUT2D eigenvalue weighted by Gasteiger charge is -2.42. The Labute approximate surface area is 217 Å². The fourth-order valence-corrected chi connectivity index (χ4v) is 4.57. The molecule has 0 aromatic heterocycles. The van der Waals surface area contributed by atoms with Crippen LogP contribution in [-0.4, -0.2) is 89.8 Å². The first-order valence-corrected chi connectivity index (χ1v) is 12.7. The Bertz CT molecular complexity index is 748. The smallest absolute Gasteiger partial charge is 0.410 e. The number of carbonyl (C=O) groups is 4. The maximum Gasteiger partial charge on any atom is 0.410 e. The molecule has 0 spiro atoms. The minimum absolute atomic E-state index is 0.0192. The Balaban J connectivity index is 5.99. The van der Waals surface area contributed by atoms with Crippen molar-refractivity contribution in [2.24, 2.45) is 17.8 Å². The first-order chi connectivity index (χ1) is 16.4. The predicted molar refractivity (Wildman–Crippen MR) is 138 cm³/mol. The number of likely N-dealkylation sites (N-methyl/N-ethyl adjacent to an activating group) is 2. The topological polar surface area (TPSA) is 125 Å². The first-order valence-electron chi connectivity index (χ1n) is 12.7. The summed E-state index contributed by atoms with van der Waals surface area (Å²) in [7, 11) is 4.69. The Hall–Kier alpha value is -2.20. The number of carbonyl (C=O) groups excluding carboxylic acids is 3. The number of hydrogen-bond donors (Lipinski definition) is 2. The molecule has 10 nitrogen and oxygen atoms in total. The van der Waals surface area contributed by atoms with Crippen molar-refractivity contribution < 1.29 is 33.8 Å². The number of hydrogen-bond acceptors (Lipinski definition) is 7. The molecule has 3 amide bonds. The Morgan fingerprint density at radius 1 is 0.917 bits per heavy atom. The van der Waals surface area contributed by atoms with Gasteiger partial charge < -0.3 is 14.6 Å². The Morgan fingerprint density at radius 3 is 1.75 bits per heavy atom. The molecule has 0 aliphatic carbocycles. The van der Waals surface area contributed by atoms with Crippen molar-refractivity contribution >= 4 is 23.9 Å². The number of methoxy groups -OCH3 is 1. The third-order valence-corrected chi connectivity index (χ3v) is 6.34. The van der Waals surface area contributed by atoms with Crippen LogP contribution in [0.15, 0.2) is 0 Å². The van der Waals surface area contributed by atoms with Crippen LogP contribution in [0, 0.1) is 17.8 Å². The van der Waals surface area contributed by atoms with Crippen molar-refractivity contribution in [2.75, 3.05) is 21.2 Å². The quantitative estimate of drug-likeness (QED) is 0.382. The van der Waals surface area contributed by atoms with E-state index >= 15 is 0 Å². The number of aliphatic carboxylic acids is 1. The average Bonchev–Trinajstić information content (AvgIpc) is 2.70. The van der Waals surface area contributed by atoms with E-state index in [9.17, 15) is 24.3 Å². The SMILES string of the molecule is CC[C@H](C)[C@@H]([C@@H](CC(=O)O)OC)N(C)[C@H](C(=O)NC(=O)[C@H](C(C)C)N(C)C(=O)OC(C)(C)C)C(C)C. The average molecular weight is 516 g/mol. The molecule has 0 radical (unpaired) electrons. The van der Waals surface area contributed by atoms with Crippen molar-refractivity contribution in [2.45, 2.75) is 105 Å². The summed E-state index contributed by atoms with van der Waals surface area (Å²) in [5.41, 5.74) is -0.733. The van der Waals surface area contributed by atoms with Crippen LogP contribution < -0.4 is 5.32 Å². The fraction of sp³-hybridized carbons (Fsp3) is 0.846. The number of carboxylic acids is 1.